The highest BCUT2D eigenvalue weighted by Crippen LogP contribution is 1.98. The maximum Gasteiger partial charge on any atom is 0.326 e. The van der Waals surface area contributed by atoms with E-state index in [9.17, 15) is 19.2 Å². The molecule has 2 atom stereocenters. The lowest BCUT2D eigenvalue weighted by Gasteiger charge is -2.15. The lowest BCUT2D eigenvalue weighted by Crippen LogP contribution is -2.48. The summed E-state index contributed by atoms with van der Waals surface area (Å²) >= 11 is 3.78. The van der Waals surface area contributed by atoms with E-state index in [1.807, 2.05) is 0 Å². The van der Waals surface area contributed by atoms with Crippen molar-refractivity contribution in [2.75, 3.05) is 12.3 Å². The van der Waals surface area contributed by atoms with Crippen LogP contribution in [0.3, 0.4) is 0 Å². The molecule has 0 fully saturated rings. The minimum atomic E-state index is -1.36. The molecule has 0 spiro atoms. The second kappa shape index (κ2) is 9.15. The zero-order chi connectivity index (χ0) is 15.7. The molecule has 10 heteroatoms. The summed E-state index contributed by atoms with van der Waals surface area (Å²) in [5.41, 5.74) is 0. The van der Waals surface area contributed by atoms with Crippen molar-refractivity contribution in [3.8, 4) is 0 Å². The van der Waals surface area contributed by atoms with E-state index in [1.54, 1.807) is 0 Å². The van der Waals surface area contributed by atoms with Crippen LogP contribution in [0.15, 0.2) is 0 Å². The molecule has 0 heterocycles. The van der Waals surface area contributed by atoms with Crippen LogP contribution in [0.2, 0.25) is 0 Å². The molecule has 0 aliphatic carbocycles. The Morgan fingerprint density at radius 2 is 1.55 bits per heavy atom. The van der Waals surface area contributed by atoms with Gasteiger partial charge in [0.2, 0.25) is 5.91 Å². The van der Waals surface area contributed by atoms with Gasteiger partial charge in [0.1, 0.15) is 12.1 Å². The number of carbonyl (C=O) groups is 4. The highest BCUT2D eigenvalue weighted by Gasteiger charge is 2.22. The van der Waals surface area contributed by atoms with E-state index >= 15 is 0 Å². The molecule has 0 aliphatic rings. The van der Waals surface area contributed by atoms with Gasteiger partial charge >= 0.3 is 17.9 Å². The number of hydrogen-bond acceptors (Lipinski definition) is 6. The Morgan fingerprint density at radius 3 is 1.95 bits per heavy atom. The van der Waals surface area contributed by atoms with E-state index in [0.717, 1.165) is 0 Å². The van der Waals surface area contributed by atoms with Crippen molar-refractivity contribution in [3.63, 3.8) is 0 Å². The summed E-state index contributed by atoms with van der Waals surface area (Å²) in [5.74, 6) is -4.50. The minimum Gasteiger partial charge on any atom is -0.481 e. The molecule has 0 aromatic rings. The fourth-order valence-electron chi connectivity index (χ4n) is 1.22. The Kier molecular flexibility index (Phi) is 8.32. The largest absolute Gasteiger partial charge is 0.481 e. The number of aliphatic carboxylic acids is 3. The molecule has 0 saturated carbocycles. The summed E-state index contributed by atoms with van der Waals surface area (Å²) in [7, 11) is 0. The summed E-state index contributed by atoms with van der Waals surface area (Å²) in [4.78, 5) is 43.3. The van der Waals surface area contributed by atoms with E-state index in [2.05, 4.69) is 23.3 Å². The van der Waals surface area contributed by atoms with Crippen molar-refractivity contribution in [2.24, 2.45) is 0 Å². The van der Waals surface area contributed by atoms with Gasteiger partial charge in [-0.15, -0.1) is 0 Å². The fourth-order valence-corrected chi connectivity index (χ4v) is 1.50. The van der Waals surface area contributed by atoms with Gasteiger partial charge in [0, 0.05) is 12.2 Å². The third kappa shape index (κ3) is 7.59. The topological polar surface area (TPSA) is 153 Å². The number of carboxylic acid groups (broad SMARTS) is 3. The standard InChI is InChI=1S/C10H16N2O7S/c13-7(3-11-6(4-20)10(18)19)12-5(9(16)17)1-2-8(14)15/h5-6,11,20H,1-4H2,(H,12,13)(H,14,15)(H,16,17)(H,18,19)/t5-,6-/m0/s1. The Bertz CT molecular complexity index is 388. The van der Waals surface area contributed by atoms with Crippen LogP contribution in [-0.4, -0.2) is 63.5 Å². The molecule has 1 amide bonds. The molecule has 20 heavy (non-hydrogen) atoms. The molecule has 114 valence electrons. The molecule has 0 radical (unpaired) electrons. The average molecular weight is 308 g/mol. The Balaban J connectivity index is 4.29. The van der Waals surface area contributed by atoms with Crippen LogP contribution in [-0.2, 0) is 19.2 Å². The lowest BCUT2D eigenvalue weighted by atomic mass is 10.1. The first-order chi connectivity index (χ1) is 9.27. The maximum absolute atomic E-state index is 11.4. The molecule has 0 aliphatic heterocycles. The van der Waals surface area contributed by atoms with E-state index < -0.39 is 48.9 Å². The van der Waals surface area contributed by atoms with Crippen molar-refractivity contribution < 1.29 is 34.5 Å². The fraction of sp³-hybridized carbons (Fsp3) is 0.600. The molecule has 0 saturated heterocycles. The summed E-state index contributed by atoms with van der Waals surface area (Å²) < 4.78 is 0. The molecular weight excluding hydrogens is 292 g/mol. The van der Waals surface area contributed by atoms with E-state index in [4.69, 9.17) is 15.3 Å². The van der Waals surface area contributed by atoms with Gasteiger partial charge in [-0.05, 0) is 6.42 Å². The third-order valence-corrected chi connectivity index (χ3v) is 2.64. The normalized spacial score (nSPS) is 13.2. The Labute approximate surface area is 119 Å². The van der Waals surface area contributed by atoms with Gasteiger partial charge in [-0.25, -0.2) is 4.79 Å². The molecule has 0 rings (SSSR count). The van der Waals surface area contributed by atoms with Gasteiger partial charge in [0.25, 0.3) is 0 Å². The van der Waals surface area contributed by atoms with Crippen LogP contribution in [0.25, 0.3) is 0 Å². The van der Waals surface area contributed by atoms with Crippen molar-refractivity contribution in [1.29, 1.82) is 0 Å². The zero-order valence-corrected chi connectivity index (χ0v) is 11.3. The molecule has 0 aromatic heterocycles. The summed E-state index contributed by atoms with van der Waals surface area (Å²) in [6.07, 6.45) is -0.662. The summed E-state index contributed by atoms with van der Waals surface area (Å²) in [5, 5.41) is 30.5. The van der Waals surface area contributed by atoms with Crippen LogP contribution in [0, 0.1) is 0 Å². The first-order valence-electron chi connectivity index (χ1n) is 5.59. The first-order valence-corrected chi connectivity index (χ1v) is 6.22. The van der Waals surface area contributed by atoms with E-state index in [0.29, 0.717) is 0 Å². The van der Waals surface area contributed by atoms with Gasteiger partial charge in [-0.2, -0.15) is 12.6 Å². The molecule has 5 N–H and O–H groups in total. The summed E-state index contributed by atoms with van der Waals surface area (Å²) in [6, 6.07) is -2.37. The van der Waals surface area contributed by atoms with Crippen LogP contribution in [0.4, 0.5) is 0 Å². The van der Waals surface area contributed by atoms with Gasteiger partial charge in [0.15, 0.2) is 0 Å². The van der Waals surface area contributed by atoms with Crippen molar-refractivity contribution in [2.45, 2.75) is 24.9 Å². The molecule has 0 unspecified atom stereocenters. The van der Waals surface area contributed by atoms with Gasteiger partial charge in [0.05, 0.1) is 6.54 Å². The molecule has 0 aromatic carbocycles. The monoisotopic (exact) mass is 308 g/mol. The molecule has 9 nitrogen and oxygen atoms in total. The molecule has 0 bridgehead atoms. The zero-order valence-electron chi connectivity index (χ0n) is 10.4. The van der Waals surface area contributed by atoms with Crippen LogP contribution >= 0.6 is 12.6 Å². The van der Waals surface area contributed by atoms with Crippen LogP contribution in [0.1, 0.15) is 12.8 Å². The number of carbonyl (C=O) groups excluding carboxylic acids is 1. The van der Waals surface area contributed by atoms with Crippen LogP contribution < -0.4 is 10.6 Å². The van der Waals surface area contributed by atoms with Crippen molar-refractivity contribution in [3.05, 3.63) is 0 Å². The number of hydrogen-bond donors (Lipinski definition) is 6. The number of rotatable bonds is 10. The van der Waals surface area contributed by atoms with Gasteiger partial charge < -0.3 is 20.6 Å². The number of carboxylic acids is 3. The summed E-state index contributed by atoms with van der Waals surface area (Å²) in [6.45, 7) is -0.408. The Hall–Kier alpha value is -1.81. The Morgan fingerprint density at radius 1 is 1.00 bits per heavy atom. The van der Waals surface area contributed by atoms with Crippen molar-refractivity contribution >= 4 is 36.4 Å². The van der Waals surface area contributed by atoms with Crippen LogP contribution in [0.5, 0.6) is 0 Å². The van der Waals surface area contributed by atoms with E-state index in [1.165, 1.54) is 0 Å². The maximum atomic E-state index is 11.4. The predicted octanol–water partition coefficient (Wildman–Crippen LogP) is -1.61. The second-order valence-electron chi connectivity index (χ2n) is 3.85. The molecular formula is C10H16N2O7S. The number of amides is 1. The average Bonchev–Trinajstić information content (AvgIpc) is 2.34. The number of nitrogens with one attached hydrogen (secondary N) is 2. The SMILES string of the molecule is O=C(O)CC[C@H](NC(=O)CN[C@@H](CS)C(=O)O)C(=O)O. The second-order valence-corrected chi connectivity index (χ2v) is 4.21. The first kappa shape index (κ1) is 18.2. The van der Waals surface area contributed by atoms with Gasteiger partial charge in [-0.1, -0.05) is 0 Å². The predicted molar refractivity (Wildman–Crippen MR) is 69.7 cm³/mol. The quantitative estimate of drug-likeness (QED) is 0.264. The smallest absolute Gasteiger partial charge is 0.326 e. The highest BCUT2D eigenvalue weighted by atomic mass is 32.1. The minimum absolute atomic E-state index is 0.0377. The third-order valence-electron chi connectivity index (χ3n) is 2.27. The van der Waals surface area contributed by atoms with E-state index in [-0.39, 0.29) is 12.2 Å². The highest BCUT2D eigenvalue weighted by molar-refractivity contribution is 7.80. The lowest BCUT2D eigenvalue weighted by molar-refractivity contribution is -0.143. The number of thiol groups is 1. The van der Waals surface area contributed by atoms with Crippen molar-refractivity contribution in [1.82, 2.24) is 10.6 Å². The van der Waals surface area contributed by atoms with Gasteiger partial charge in [-0.3, -0.25) is 19.7 Å².